The summed E-state index contributed by atoms with van der Waals surface area (Å²) < 4.78 is 105. The fraction of sp³-hybridized carbons (Fsp3) is 0.250. The second-order valence-electron chi connectivity index (χ2n) is 8.71. The molecule has 0 aliphatic carbocycles. The Hall–Kier alpha value is -4.49. The third-order valence-electron chi connectivity index (χ3n) is 5.81. The van der Waals surface area contributed by atoms with Crippen LogP contribution in [0.1, 0.15) is 37.2 Å². The van der Waals surface area contributed by atoms with Gasteiger partial charge in [0.25, 0.3) is 0 Å². The summed E-state index contributed by atoms with van der Waals surface area (Å²) in [4.78, 5) is 26.9. The van der Waals surface area contributed by atoms with E-state index in [-0.39, 0.29) is 46.6 Å². The van der Waals surface area contributed by atoms with Crippen molar-refractivity contribution in [1.29, 1.82) is 0 Å². The quantitative estimate of drug-likeness (QED) is 0.222. The molecule has 0 aromatic carbocycles. The monoisotopic (exact) mass is 597 g/mol. The minimum Gasteiger partial charge on any atom is -0.313 e. The molecule has 1 amide bonds. The number of aryl methyl sites for hydroxylation is 1. The van der Waals surface area contributed by atoms with Crippen LogP contribution in [0.2, 0.25) is 0 Å². The molecule has 0 saturated carbocycles. The molecule has 42 heavy (non-hydrogen) atoms. The van der Waals surface area contributed by atoms with Crippen LogP contribution in [0.5, 0.6) is 0 Å². The van der Waals surface area contributed by atoms with Crippen molar-refractivity contribution in [3.63, 3.8) is 0 Å². The van der Waals surface area contributed by atoms with Gasteiger partial charge in [-0.2, -0.15) is 26.3 Å². The topological polar surface area (TPSA) is 71.9 Å². The number of carbonyl (C=O) groups is 1. The van der Waals surface area contributed by atoms with E-state index < -0.39 is 41.3 Å². The van der Waals surface area contributed by atoms with E-state index in [9.17, 15) is 39.9 Å². The zero-order chi connectivity index (χ0) is 31.2. The molecule has 4 heterocycles. The van der Waals surface area contributed by atoms with Crippen LogP contribution in [0.15, 0.2) is 61.2 Å². The first kappa shape index (κ1) is 32.0. The second-order valence-corrected chi connectivity index (χ2v) is 8.71. The molecule has 0 atom stereocenters. The first-order valence-corrected chi connectivity index (χ1v) is 12.3. The highest BCUT2D eigenvalue weighted by molar-refractivity contribution is 5.93. The van der Waals surface area contributed by atoms with Gasteiger partial charge in [0, 0.05) is 37.0 Å². The molecule has 0 bridgehead atoms. The number of aromatic nitrogens is 4. The average molecular weight is 598 g/mol. The fourth-order valence-corrected chi connectivity index (χ4v) is 3.75. The molecule has 0 aliphatic heterocycles. The maximum atomic E-state index is 13.3. The number of carbonyl (C=O) groups excluding carboxylic acids is 1. The Kier molecular flexibility index (Phi) is 9.91. The molecular formula is C28H23F8N5O. The van der Waals surface area contributed by atoms with Gasteiger partial charge in [-0.05, 0) is 42.3 Å². The molecule has 4 aromatic heterocycles. The number of halogens is 8. The molecular weight excluding hydrogens is 574 g/mol. The lowest BCUT2D eigenvalue weighted by molar-refractivity contribution is -0.142. The zero-order valence-electron chi connectivity index (χ0n) is 22.4. The van der Waals surface area contributed by atoms with E-state index in [2.05, 4.69) is 19.9 Å². The van der Waals surface area contributed by atoms with Gasteiger partial charge in [-0.15, -0.1) is 0 Å². The van der Waals surface area contributed by atoms with E-state index in [1.54, 1.807) is 13.8 Å². The highest BCUT2D eigenvalue weighted by atomic mass is 19.4. The first-order valence-electron chi connectivity index (χ1n) is 12.3. The Morgan fingerprint density at radius 3 is 1.64 bits per heavy atom. The predicted molar refractivity (Wildman–Crippen MR) is 138 cm³/mol. The molecule has 6 nitrogen and oxygen atoms in total. The Balaban J connectivity index is 0.000000235. The highest BCUT2D eigenvalue weighted by Crippen LogP contribution is 2.37. The van der Waals surface area contributed by atoms with Crippen LogP contribution in [0.4, 0.5) is 40.8 Å². The van der Waals surface area contributed by atoms with Crippen molar-refractivity contribution in [3.8, 4) is 22.5 Å². The van der Waals surface area contributed by atoms with Crippen LogP contribution in [0, 0.1) is 11.6 Å². The summed E-state index contributed by atoms with van der Waals surface area (Å²) in [6.45, 7) is 3.17. The van der Waals surface area contributed by atoms with E-state index in [4.69, 9.17) is 0 Å². The number of anilines is 1. The fourth-order valence-electron chi connectivity index (χ4n) is 3.75. The minimum absolute atomic E-state index is 0.0523. The molecule has 0 fully saturated rings. The third kappa shape index (κ3) is 7.83. The Labute approximate surface area is 235 Å². The van der Waals surface area contributed by atoms with Crippen molar-refractivity contribution >= 4 is 11.6 Å². The van der Waals surface area contributed by atoms with Gasteiger partial charge in [-0.3, -0.25) is 14.8 Å². The number of rotatable bonds is 5. The molecule has 0 N–H and O–H groups in total. The van der Waals surface area contributed by atoms with Gasteiger partial charge in [0.05, 0.1) is 29.5 Å². The molecule has 0 aliphatic rings. The van der Waals surface area contributed by atoms with Crippen LogP contribution in [0.25, 0.3) is 22.5 Å². The molecule has 4 rings (SSSR count). The first-order chi connectivity index (χ1) is 19.6. The van der Waals surface area contributed by atoms with Gasteiger partial charge < -0.3 is 4.90 Å². The summed E-state index contributed by atoms with van der Waals surface area (Å²) in [5.41, 5.74) is -2.07. The van der Waals surface area contributed by atoms with Crippen LogP contribution < -0.4 is 4.90 Å². The molecule has 0 unspecified atom stereocenters. The Bertz CT molecular complexity index is 1560. The van der Waals surface area contributed by atoms with Crippen molar-refractivity contribution in [2.45, 2.75) is 39.0 Å². The SMILES string of the molecule is CCC(=O)N(C)c1ccc(-c2cncc(F)c2)nc1C(F)(F)F.CCc1ccc(-c2cncc(F)c2)nc1C(F)(F)F. The van der Waals surface area contributed by atoms with E-state index >= 15 is 0 Å². The standard InChI is InChI=1S/C15H13F4N3O.C13H10F4N2/c1-3-13(23)22(2)12-5-4-11(21-14(12)15(17,18)19)9-6-10(16)8-20-7-9;1-2-8-3-4-11(19-12(8)13(15,16)17)9-5-10(14)7-18-6-9/h4-8H,3H2,1-2H3;3-7H,2H2,1H3. The van der Waals surface area contributed by atoms with Gasteiger partial charge in [-0.25, -0.2) is 18.7 Å². The molecule has 222 valence electrons. The van der Waals surface area contributed by atoms with Crippen LogP contribution in [-0.2, 0) is 23.6 Å². The normalized spacial score (nSPS) is 11.5. The number of pyridine rings is 4. The summed E-state index contributed by atoms with van der Waals surface area (Å²) in [6, 6.07) is 7.36. The maximum absolute atomic E-state index is 13.3. The second kappa shape index (κ2) is 13.0. The van der Waals surface area contributed by atoms with Crippen LogP contribution in [-0.4, -0.2) is 32.9 Å². The van der Waals surface area contributed by atoms with Crippen LogP contribution in [0.3, 0.4) is 0 Å². The maximum Gasteiger partial charge on any atom is 0.435 e. The summed E-state index contributed by atoms with van der Waals surface area (Å²) in [7, 11) is 1.25. The van der Waals surface area contributed by atoms with Crippen molar-refractivity contribution in [2.75, 3.05) is 11.9 Å². The largest absolute Gasteiger partial charge is 0.435 e. The number of hydrogen-bond donors (Lipinski definition) is 0. The van der Waals surface area contributed by atoms with Gasteiger partial charge in [0.15, 0.2) is 5.69 Å². The summed E-state index contributed by atoms with van der Waals surface area (Å²) in [6.07, 6.45) is -4.59. The smallest absolute Gasteiger partial charge is 0.313 e. The van der Waals surface area contributed by atoms with Crippen LogP contribution >= 0.6 is 0 Å². The Morgan fingerprint density at radius 1 is 0.738 bits per heavy atom. The summed E-state index contributed by atoms with van der Waals surface area (Å²) in [5, 5.41) is 0. The lowest BCUT2D eigenvalue weighted by Gasteiger charge is -2.21. The molecule has 14 heteroatoms. The van der Waals surface area contributed by atoms with E-state index in [0.717, 1.165) is 35.5 Å². The summed E-state index contributed by atoms with van der Waals surface area (Å²) in [5.74, 6) is -1.77. The van der Waals surface area contributed by atoms with Gasteiger partial charge >= 0.3 is 12.4 Å². The van der Waals surface area contributed by atoms with Crippen molar-refractivity contribution in [1.82, 2.24) is 19.9 Å². The van der Waals surface area contributed by atoms with Gasteiger partial charge in [0.2, 0.25) is 5.91 Å². The zero-order valence-corrected chi connectivity index (χ0v) is 22.4. The molecule has 0 radical (unpaired) electrons. The lowest BCUT2D eigenvalue weighted by Crippen LogP contribution is -2.28. The van der Waals surface area contributed by atoms with E-state index in [1.807, 2.05) is 0 Å². The number of amides is 1. The highest BCUT2D eigenvalue weighted by Gasteiger charge is 2.38. The van der Waals surface area contributed by atoms with E-state index in [1.165, 1.54) is 37.6 Å². The minimum atomic E-state index is -4.76. The number of nitrogens with zero attached hydrogens (tertiary/aromatic N) is 5. The third-order valence-corrected chi connectivity index (χ3v) is 5.81. The Morgan fingerprint density at radius 2 is 1.21 bits per heavy atom. The summed E-state index contributed by atoms with van der Waals surface area (Å²) >= 11 is 0. The molecule has 0 saturated heterocycles. The number of alkyl halides is 6. The van der Waals surface area contributed by atoms with E-state index in [0.29, 0.717) is 0 Å². The number of hydrogen-bond acceptors (Lipinski definition) is 5. The molecule has 4 aromatic rings. The average Bonchev–Trinajstić information content (AvgIpc) is 2.95. The van der Waals surface area contributed by atoms with Crippen molar-refractivity contribution in [3.05, 3.63) is 89.8 Å². The molecule has 0 spiro atoms. The van der Waals surface area contributed by atoms with Gasteiger partial charge in [0.1, 0.15) is 17.3 Å². The lowest BCUT2D eigenvalue weighted by atomic mass is 10.1. The van der Waals surface area contributed by atoms with Gasteiger partial charge in [-0.1, -0.05) is 19.9 Å². The van der Waals surface area contributed by atoms with Crippen molar-refractivity contribution in [2.24, 2.45) is 0 Å². The predicted octanol–water partition coefficient (Wildman–Crippen LogP) is 7.54. The van der Waals surface area contributed by atoms with Crippen molar-refractivity contribution < 1.29 is 39.9 Å².